The maximum atomic E-state index is 11.1. The number of sulfonamides is 1. The van der Waals surface area contributed by atoms with E-state index in [0.29, 0.717) is 0 Å². The van der Waals surface area contributed by atoms with Crippen LogP contribution >= 0.6 is 22.6 Å². The molecule has 72 valence electrons. The van der Waals surface area contributed by atoms with Crippen molar-refractivity contribution in [2.75, 3.05) is 7.11 Å². The Morgan fingerprint density at radius 3 is 2.54 bits per heavy atom. The number of methoxy groups -OCH3 is 1. The molecule has 0 amide bonds. The average Bonchev–Trinajstić information content (AvgIpc) is 2.03. The molecule has 13 heavy (non-hydrogen) atoms. The normalized spacial score (nSPS) is 11.3. The Morgan fingerprint density at radius 2 is 2.08 bits per heavy atom. The van der Waals surface area contributed by atoms with Crippen molar-refractivity contribution in [1.29, 1.82) is 0 Å². The van der Waals surface area contributed by atoms with Crippen molar-refractivity contribution in [3.8, 4) is 5.75 Å². The third-order valence-electron chi connectivity index (χ3n) is 1.43. The predicted molar refractivity (Wildman–Crippen MR) is 57.1 cm³/mol. The van der Waals surface area contributed by atoms with Gasteiger partial charge in [0.25, 0.3) is 0 Å². The highest BCUT2D eigenvalue weighted by Crippen LogP contribution is 2.24. The first-order chi connectivity index (χ1) is 5.95. The molecule has 1 rings (SSSR count). The Balaban J connectivity index is 3.41. The number of benzene rings is 1. The molecule has 0 saturated carbocycles. The van der Waals surface area contributed by atoms with Crippen LogP contribution in [0.2, 0.25) is 0 Å². The van der Waals surface area contributed by atoms with Gasteiger partial charge in [-0.25, -0.2) is 13.6 Å². The molecular formula is C7H8INO3S. The number of halogens is 1. The van der Waals surface area contributed by atoms with Gasteiger partial charge in [0.05, 0.1) is 7.11 Å². The molecule has 0 bridgehead atoms. The van der Waals surface area contributed by atoms with E-state index < -0.39 is 10.0 Å². The minimum Gasteiger partial charge on any atom is -0.495 e. The van der Waals surface area contributed by atoms with Crippen LogP contribution in [0.25, 0.3) is 0 Å². The van der Waals surface area contributed by atoms with Gasteiger partial charge in [-0.05, 0) is 40.8 Å². The van der Waals surface area contributed by atoms with E-state index in [4.69, 9.17) is 9.88 Å². The summed E-state index contributed by atoms with van der Waals surface area (Å²) in [6.07, 6.45) is 0. The van der Waals surface area contributed by atoms with Crippen LogP contribution in [0.1, 0.15) is 0 Å². The molecule has 0 heterocycles. The van der Waals surface area contributed by atoms with Crippen molar-refractivity contribution < 1.29 is 13.2 Å². The van der Waals surface area contributed by atoms with Crippen LogP contribution in [-0.2, 0) is 10.0 Å². The van der Waals surface area contributed by atoms with Gasteiger partial charge in [-0.1, -0.05) is 0 Å². The van der Waals surface area contributed by atoms with Gasteiger partial charge in [0, 0.05) is 3.57 Å². The first-order valence-corrected chi connectivity index (χ1v) is 5.94. The third-order valence-corrected chi connectivity index (χ3v) is 3.04. The summed E-state index contributed by atoms with van der Waals surface area (Å²) in [6.45, 7) is 0. The van der Waals surface area contributed by atoms with Crippen molar-refractivity contribution >= 4 is 32.6 Å². The standard InChI is InChI=1S/C7H8INO3S/c1-12-6-3-2-5(8)4-7(6)13(9,10)11/h2-4H,1H3,(H2,9,10,11). The van der Waals surface area contributed by atoms with E-state index in [-0.39, 0.29) is 10.6 Å². The van der Waals surface area contributed by atoms with Crippen molar-refractivity contribution in [2.45, 2.75) is 4.90 Å². The average molecular weight is 313 g/mol. The molecule has 0 unspecified atom stereocenters. The second kappa shape index (κ2) is 3.81. The van der Waals surface area contributed by atoms with Crippen LogP contribution in [0, 0.1) is 3.57 Å². The monoisotopic (exact) mass is 313 g/mol. The first kappa shape index (κ1) is 10.7. The van der Waals surface area contributed by atoms with Gasteiger partial charge in [-0.3, -0.25) is 0 Å². The highest BCUT2D eigenvalue weighted by atomic mass is 127. The van der Waals surface area contributed by atoms with Crippen molar-refractivity contribution in [2.24, 2.45) is 5.14 Å². The lowest BCUT2D eigenvalue weighted by atomic mass is 10.3. The fourth-order valence-corrected chi connectivity index (χ4v) is 2.30. The van der Waals surface area contributed by atoms with Crippen molar-refractivity contribution in [1.82, 2.24) is 0 Å². The highest BCUT2D eigenvalue weighted by molar-refractivity contribution is 14.1. The maximum absolute atomic E-state index is 11.1. The number of primary sulfonamides is 1. The lowest BCUT2D eigenvalue weighted by molar-refractivity contribution is 0.402. The van der Waals surface area contributed by atoms with Gasteiger partial charge >= 0.3 is 0 Å². The second-order valence-corrected chi connectivity index (χ2v) is 5.12. The topological polar surface area (TPSA) is 69.4 Å². The van der Waals surface area contributed by atoms with Crippen molar-refractivity contribution in [3.63, 3.8) is 0 Å². The van der Waals surface area contributed by atoms with E-state index in [1.807, 2.05) is 22.6 Å². The summed E-state index contributed by atoms with van der Waals surface area (Å²) < 4.78 is 27.8. The Hall–Kier alpha value is -0.340. The van der Waals surface area contributed by atoms with E-state index in [9.17, 15) is 8.42 Å². The molecule has 0 radical (unpaired) electrons. The molecule has 1 aromatic carbocycles. The number of ether oxygens (including phenoxy) is 1. The summed E-state index contributed by atoms with van der Waals surface area (Å²) in [5, 5.41) is 4.99. The molecule has 6 heteroatoms. The molecule has 0 aliphatic rings. The minimum atomic E-state index is -3.70. The molecule has 0 atom stereocenters. The fraction of sp³-hybridized carbons (Fsp3) is 0.143. The Kier molecular flexibility index (Phi) is 3.14. The van der Waals surface area contributed by atoms with E-state index in [1.54, 1.807) is 12.1 Å². The molecule has 0 fully saturated rings. The SMILES string of the molecule is COc1ccc(I)cc1S(N)(=O)=O. The van der Waals surface area contributed by atoms with E-state index in [2.05, 4.69) is 0 Å². The van der Waals surface area contributed by atoms with E-state index in [0.717, 1.165) is 3.57 Å². The van der Waals surface area contributed by atoms with Crippen molar-refractivity contribution in [3.05, 3.63) is 21.8 Å². The quantitative estimate of drug-likeness (QED) is 0.827. The summed E-state index contributed by atoms with van der Waals surface area (Å²) in [6, 6.07) is 4.78. The van der Waals surface area contributed by atoms with Gasteiger partial charge in [0.15, 0.2) is 0 Å². The van der Waals surface area contributed by atoms with Crippen LogP contribution in [-0.4, -0.2) is 15.5 Å². The van der Waals surface area contributed by atoms with E-state index >= 15 is 0 Å². The molecule has 0 spiro atoms. The summed E-state index contributed by atoms with van der Waals surface area (Å²) >= 11 is 2.00. The molecule has 1 aromatic rings. The zero-order valence-corrected chi connectivity index (χ0v) is 9.79. The summed E-state index contributed by atoms with van der Waals surface area (Å²) in [5.74, 6) is 0.267. The number of rotatable bonds is 2. The lowest BCUT2D eigenvalue weighted by Crippen LogP contribution is -2.13. The Labute approximate surface area is 90.3 Å². The molecule has 0 aromatic heterocycles. The number of hydrogen-bond acceptors (Lipinski definition) is 3. The van der Waals surface area contributed by atoms with E-state index in [1.165, 1.54) is 13.2 Å². The van der Waals surface area contributed by atoms with Gasteiger partial charge in [0.2, 0.25) is 10.0 Å². The molecule has 0 aliphatic heterocycles. The fourth-order valence-electron chi connectivity index (χ4n) is 0.873. The lowest BCUT2D eigenvalue weighted by Gasteiger charge is -2.05. The number of nitrogens with two attached hydrogens (primary N) is 1. The van der Waals surface area contributed by atoms with Crippen LogP contribution in [0.4, 0.5) is 0 Å². The predicted octanol–water partition coefficient (Wildman–Crippen LogP) is 0.947. The summed E-state index contributed by atoms with van der Waals surface area (Å²) in [7, 11) is -2.30. The molecule has 0 saturated heterocycles. The first-order valence-electron chi connectivity index (χ1n) is 3.31. The summed E-state index contributed by atoms with van der Waals surface area (Å²) in [4.78, 5) is 0.0156. The highest BCUT2D eigenvalue weighted by Gasteiger charge is 2.14. The summed E-state index contributed by atoms with van der Waals surface area (Å²) in [5.41, 5.74) is 0. The minimum absolute atomic E-state index is 0.0156. The second-order valence-electron chi connectivity index (χ2n) is 2.34. The zero-order chi connectivity index (χ0) is 10.1. The van der Waals surface area contributed by atoms with Gasteiger partial charge in [-0.15, -0.1) is 0 Å². The maximum Gasteiger partial charge on any atom is 0.241 e. The molecular weight excluding hydrogens is 305 g/mol. The number of hydrogen-bond donors (Lipinski definition) is 1. The van der Waals surface area contributed by atoms with Crippen LogP contribution in [0.5, 0.6) is 5.75 Å². The molecule has 4 nitrogen and oxygen atoms in total. The van der Waals surface area contributed by atoms with Gasteiger partial charge in [0.1, 0.15) is 10.6 Å². The van der Waals surface area contributed by atoms with Gasteiger partial charge < -0.3 is 4.74 Å². The largest absolute Gasteiger partial charge is 0.495 e. The smallest absolute Gasteiger partial charge is 0.241 e. The molecule has 2 N–H and O–H groups in total. The zero-order valence-electron chi connectivity index (χ0n) is 6.82. The Morgan fingerprint density at radius 1 is 1.46 bits per heavy atom. The molecule has 0 aliphatic carbocycles. The van der Waals surface area contributed by atoms with Crippen LogP contribution < -0.4 is 9.88 Å². The van der Waals surface area contributed by atoms with Crippen LogP contribution in [0.3, 0.4) is 0 Å². The van der Waals surface area contributed by atoms with Gasteiger partial charge in [-0.2, -0.15) is 0 Å². The van der Waals surface area contributed by atoms with Crippen LogP contribution in [0.15, 0.2) is 23.1 Å². The Bertz CT molecular complexity index is 416. The third kappa shape index (κ3) is 2.55.